The number of methoxy groups -OCH3 is 1. The van der Waals surface area contributed by atoms with Crippen LogP contribution in [0, 0.1) is 5.41 Å². The molecule has 0 aromatic carbocycles. The van der Waals surface area contributed by atoms with Crippen LogP contribution in [-0.4, -0.2) is 56.4 Å². The maximum Gasteiger partial charge on any atom is 0.310 e. The van der Waals surface area contributed by atoms with Gasteiger partial charge in [-0.2, -0.15) is 0 Å². The molecule has 1 saturated heterocycles. The molecule has 1 aliphatic rings. The molecule has 7 heteroatoms. The molecule has 0 amide bonds. The first-order valence-corrected chi connectivity index (χ1v) is 8.69. The first-order valence-electron chi connectivity index (χ1n) is 7.08. The monoisotopic (exact) mass is 307 g/mol. The Morgan fingerprint density at radius 2 is 2.15 bits per heavy atom. The first-order chi connectivity index (χ1) is 9.38. The molecule has 1 atom stereocenters. The Morgan fingerprint density at radius 1 is 1.45 bits per heavy atom. The van der Waals surface area contributed by atoms with Gasteiger partial charge in [0.2, 0.25) is 10.0 Å². The molecule has 0 radical (unpaired) electrons. The lowest BCUT2D eigenvalue weighted by Gasteiger charge is -2.39. The van der Waals surface area contributed by atoms with Crippen molar-refractivity contribution in [2.45, 2.75) is 39.0 Å². The second-order valence-corrected chi connectivity index (χ2v) is 7.52. The Bertz CT molecular complexity index is 418. The highest BCUT2D eigenvalue weighted by Gasteiger charge is 2.44. The van der Waals surface area contributed by atoms with Crippen LogP contribution in [0.5, 0.6) is 0 Å². The molecule has 1 unspecified atom stereocenters. The Hall–Kier alpha value is -0.660. The maximum atomic E-state index is 12.3. The van der Waals surface area contributed by atoms with Crippen LogP contribution in [0.4, 0.5) is 0 Å². The van der Waals surface area contributed by atoms with Crippen LogP contribution in [-0.2, 0) is 19.6 Å². The first kappa shape index (κ1) is 17.4. The molecule has 0 aromatic heterocycles. The standard InChI is InChI=1S/C13H25NO5S/c1-3-6-13(12(15)16)7-4-8-14(11-13)20(17,18)10-5-9-19-2/h3-11H2,1-2H3,(H,15,16). The van der Waals surface area contributed by atoms with Crippen molar-refractivity contribution in [3.63, 3.8) is 0 Å². The van der Waals surface area contributed by atoms with Crippen molar-refractivity contribution in [1.29, 1.82) is 0 Å². The summed E-state index contributed by atoms with van der Waals surface area (Å²) in [5, 5.41) is 9.48. The second-order valence-electron chi connectivity index (χ2n) is 5.43. The fourth-order valence-corrected chi connectivity index (χ4v) is 4.40. The van der Waals surface area contributed by atoms with Gasteiger partial charge in [0.1, 0.15) is 0 Å². The van der Waals surface area contributed by atoms with Crippen LogP contribution in [0.3, 0.4) is 0 Å². The van der Waals surface area contributed by atoms with Gasteiger partial charge in [0, 0.05) is 26.8 Å². The van der Waals surface area contributed by atoms with Gasteiger partial charge in [0.15, 0.2) is 0 Å². The van der Waals surface area contributed by atoms with E-state index in [2.05, 4.69) is 0 Å². The molecule has 0 spiro atoms. The number of rotatable bonds is 8. The Morgan fingerprint density at radius 3 is 2.70 bits per heavy atom. The summed E-state index contributed by atoms with van der Waals surface area (Å²) in [6.07, 6.45) is 2.86. The molecule has 0 saturated carbocycles. The number of aliphatic carboxylic acids is 1. The SMILES string of the molecule is CCCC1(C(=O)O)CCCN(S(=O)(=O)CCCOC)C1. The number of carboxylic acids is 1. The van der Waals surface area contributed by atoms with Crippen molar-refractivity contribution in [2.75, 3.05) is 32.6 Å². The molecular weight excluding hydrogens is 282 g/mol. The predicted octanol–water partition coefficient (Wildman–Crippen LogP) is 1.32. The van der Waals surface area contributed by atoms with E-state index < -0.39 is 21.4 Å². The average Bonchev–Trinajstić information content (AvgIpc) is 2.39. The highest BCUT2D eigenvalue weighted by molar-refractivity contribution is 7.89. The van der Waals surface area contributed by atoms with Crippen LogP contribution in [0.1, 0.15) is 39.0 Å². The lowest BCUT2D eigenvalue weighted by molar-refractivity contribution is -0.151. The smallest absolute Gasteiger partial charge is 0.310 e. The lowest BCUT2D eigenvalue weighted by Crippen LogP contribution is -2.50. The van der Waals surface area contributed by atoms with Gasteiger partial charge in [0.25, 0.3) is 0 Å². The number of hydrogen-bond donors (Lipinski definition) is 1. The predicted molar refractivity (Wildman–Crippen MR) is 76.1 cm³/mol. The van der Waals surface area contributed by atoms with Gasteiger partial charge in [-0.1, -0.05) is 13.3 Å². The van der Waals surface area contributed by atoms with Crippen molar-refractivity contribution in [3.8, 4) is 0 Å². The van der Waals surface area contributed by atoms with Crippen molar-refractivity contribution in [2.24, 2.45) is 5.41 Å². The zero-order valence-electron chi connectivity index (χ0n) is 12.3. The molecule has 0 aromatic rings. The van der Waals surface area contributed by atoms with E-state index in [9.17, 15) is 18.3 Å². The van der Waals surface area contributed by atoms with E-state index in [0.717, 1.165) is 6.42 Å². The summed E-state index contributed by atoms with van der Waals surface area (Å²) in [6, 6.07) is 0. The van der Waals surface area contributed by atoms with Gasteiger partial charge in [-0.3, -0.25) is 4.79 Å². The third-order valence-electron chi connectivity index (χ3n) is 3.87. The van der Waals surface area contributed by atoms with Gasteiger partial charge in [-0.25, -0.2) is 12.7 Å². The third kappa shape index (κ3) is 4.17. The third-order valence-corrected chi connectivity index (χ3v) is 5.77. The van der Waals surface area contributed by atoms with Crippen molar-refractivity contribution in [3.05, 3.63) is 0 Å². The van der Waals surface area contributed by atoms with Crippen LogP contribution < -0.4 is 0 Å². The van der Waals surface area contributed by atoms with E-state index in [1.165, 1.54) is 11.4 Å². The quantitative estimate of drug-likeness (QED) is 0.684. The van der Waals surface area contributed by atoms with E-state index in [0.29, 0.717) is 38.8 Å². The van der Waals surface area contributed by atoms with Crippen molar-refractivity contribution < 1.29 is 23.1 Å². The zero-order valence-corrected chi connectivity index (χ0v) is 13.1. The molecular formula is C13H25NO5S. The van der Waals surface area contributed by atoms with Crippen LogP contribution in [0.25, 0.3) is 0 Å². The normalized spacial score (nSPS) is 24.7. The Labute approximate surface area is 121 Å². The molecule has 1 heterocycles. The summed E-state index contributed by atoms with van der Waals surface area (Å²) in [4.78, 5) is 11.6. The van der Waals surface area contributed by atoms with Crippen LogP contribution in [0.15, 0.2) is 0 Å². The Balaban J connectivity index is 2.79. The topological polar surface area (TPSA) is 83.9 Å². The lowest BCUT2D eigenvalue weighted by atomic mass is 9.77. The molecule has 0 aliphatic carbocycles. The summed E-state index contributed by atoms with van der Waals surface area (Å²) in [6.45, 7) is 2.85. The van der Waals surface area contributed by atoms with Gasteiger partial charge in [0.05, 0.1) is 11.2 Å². The van der Waals surface area contributed by atoms with Crippen molar-refractivity contribution in [1.82, 2.24) is 4.31 Å². The molecule has 1 N–H and O–H groups in total. The van der Waals surface area contributed by atoms with E-state index in [4.69, 9.17) is 4.74 Å². The number of carbonyl (C=O) groups is 1. The minimum Gasteiger partial charge on any atom is -0.481 e. The van der Waals surface area contributed by atoms with Gasteiger partial charge < -0.3 is 9.84 Å². The highest BCUT2D eigenvalue weighted by atomic mass is 32.2. The maximum absolute atomic E-state index is 12.3. The summed E-state index contributed by atoms with van der Waals surface area (Å²) in [5.41, 5.74) is -0.915. The summed E-state index contributed by atoms with van der Waals surface area (Å²) >= 11 is 0. The molecule has 0 bridgehead atoms. The van der Waals surface area contributed by atoms with E-state index in [1.54, 1.807) is 0 Å². The molecule has 6 nitrogen and oxygen atoms in total. The fourth-order valence-electron chi connectivity index (χ4n) is 2.81. The minimum atomic E-state index is -3.39. The molecule has 1 rings (SSSR count). The fraction of sp³-hybridized carbons (Fsp3) is 0.923. The van der Waals surface area contributed by atoms with Gasteiger partial charge in [-0.15, -0.1) is 0 Å². The average molecular weight is 307 g/mol. The molecule has 118 valence electrons. The number of ether oxygens (including phenoxy) is 1. The number of piperidine rings is 1. The summed E-state index contributed by atoms with van der Waals surface area (Å²) < 4.78 is 30.7. The summed E-state index contributed by atoms with van der Waals surface area (Å²) in [5.74, 6) is -0.862. The number of nitrogens with zero attached hydrogens (tertiary/aromatic N) is 1. The van der Waals surface area contributed by atoms with Crippen LogP contribution in [0.2, 0.25) is 0 Å². The van der Waals surface area contributed by atoms with E-state index in [1.807, 2.05) is 6.92 Å². The second kappa shape index (κ2) is 7.38. The van der Waals surface area contributed by atoms with E-state index in [-0.39, 0.29) is 12.3 Å². The molecule has 1 fully saturated rings. The van der Waals surface area contributed by atoms with Gasteiger partial charge in [-0.05, 0) is 25.7 Å². The largest absolute Gasteiger partial charge is 0.481 e. The zero-order chi connectivity index (χ0) is 15.2. The number of hydrogen-bond acceptors (Lipinski definition) is 4. The summed E-state index contributed by atoms with van der Waals surface area (Å²) in [7, 11) is -1.86. The molecule has 20 heavy (non-hydrogen) atoms. The Kier molecular flexibility index (Phi) is 6.42. The minimum absolute atomic E-state index is 0.0165. The van der Waals surface area contributed by atoms with Gasteiger partial charge >= 0.3 is 5.97 Å². The molecule has 1 aliphatic heterocycles. The number of carboxylic acid groups (broad SMARTS) is 1. The van der Waals surface area contributed by atoms with E-state index >= 15 is 0 Å². The highest BCUT2D eigenvalue weighted by Crippen LogP contribution is 2.36. The van der Waals surface area contributed by atoms with Crippen molar-refractivity contribution >= 4 is 16.0 Å². The van der Waals surface area contributed by atoms with Crippen LogP contribution >= 0.6 is 0 Å². The number of sulfonamides is 1.